The van der Waals surface area contributed by atoms with Gasteiger partial charge in [0.15, 0.2) is 17.3 Å². The van der Waals surface area contributed by atoms with Gasteiger partial charge in [-0.1, -0.05) is 12.7 Å². The molecule has 0 aromatic heterocycles. The predicted octanol–water partition coefficient (Wildman–Crippen LogP) is 4.01. The third-order valence-electron chi connectivity index (χ3n) is 4.61. The van der Waals surface area contributed by atoms with Crippen molar-refractivity contribution in [3.05, 3.63) is 29.8 Å². The first kappa shape index (κ1) is 22.2. The number of benzene rings is 1. The zero-order chi connectivity index (χ0) is 22.1. The van der Waals surface area contributed by atoms with Crippen molar-refractivity contribution < 1.29 is 33.2 Å². The standard InChI is InChI=1S/C22H31NO7/c1-8-9-25-17-13(2)18-16(26-12-27-18)10-14(17)19-15(11-28-22(6,7)29-19)23-20(24)30-21(3,4)5/h8,10,15,19H,1,9,11-12H2,2-7H3,(H,23,24)/t15-,19-/m1/s1. The van der Waals surface area contributed by atoms with Crippen LogP contribution in [0.15, 0.2) is 18.7 Å². The normalized spacial score (nSPS) is 22.3. The second-order valence-electron chi connectivity index (χ2n) is 8.76. The molecule has 0 aliphatic carbocycles. The molecule has 1 aromatic rings. The average molecular weight is 421 g/mol. The van der Waals surface area contributed by atoms with Crippen LogP contribution in [0.1, 0.15) is 51.8 Å². The number of fused-ring (bicyclic) bond motifs is 1. The molecule has 8 heteroatoms. The zero-order valence-corrected chi connectivity index (χ0v) is 18.5. The maximum absolute atomic E-state index is 12.4. The quantitative estimate of drug-likeness (QED) is 0.719. The van der Waals surface area contributed by atoms with Crippen molar-refractivity contribution in [3.8, 4) is 17.2 Å². The van der Waals surface area contributed by atoms with Gasteiger partial charge in [0, 0.05) is 11.1 Å². The van der Waals surface area contributed by atoms with Gasteiger partial charge in [-0.15, -0.1) is 0 Å². The van der Waals surface area contributed by atoms with E-state index < -0.39 is 29.6 Å². The Kier molecular flexibility index (Phi) is 6.19. The predicted molar refractivity (Wildman–Crippen MR) is 110 cm³/mol. The molecule has 2 atom stereocenters. The highest BCUT2D eigenvalue weighted by Gasteiger charge is 2.41. The Bertz CT molecular complexity index is 813. The number of carbonyl (C=O) groups is 1. The number of hydrogen-bond acceptors (Lipinski definition) is 7. The van der Waals surface area contributed by atoms with Gasteiger partial charge in [0.05, 0.1) is 12.6 Å². The van der Waals surface area contributed by atoms with E-state index in [1.807, 2.05) is 47.6 Å². The van der Waals surface area contributed by atoms with Gasteiger partial charge in [0.2, 0.25) is 6.79 Å². The lowest BCUT2D eigenvalue weighted by molar-refractivity contribution is -0.284. The van der Waals surface area contributed by atoms with E-state index in [2.05, 4.69) is 11.9 Å². The van der Waals surface area contributed by atoms with Crippen LogP contribution in [0.4, 0.5) is 4.79 Å². The topological polar surface area (TPSA) is 84.5 Å². The summed E-state index contributed by atoms with van der Waals surface area (Å²) >= 11 is 0. The fourth-order valence-electron chi connectivity index (χ4n) is 3.42. The van der Waals surface area contributed by atoms with Gasteiger partial charge in [-0.25, -0.2) is 4.79 Å². The lowest BCUT2D eigenvalue weighted by Gasteiger charge is -2.42. The summed E-state index contributed by atoms with van der Waals surface area (Å²) in [6.07, 6.45) is 0.559. The number of alkyl carbamates (subject to hydrolysis) is 1. The summed E-state index contributed by atoms with van der Waals surface area (Å²) in [4.78, 5) is 12.4. The molecule has 0 radical (unpaired) electrons. The van der Waals surface area contributed by atoms with Crippen LogP contribution in [0.25, 0.3) is 0 Å². The highest BCUT2D eigenvalue weighted by atomic mass is 16.7. The van der Waals surface area contributed by atoms with E-state index in [0.29, 0.717) is 23.9 Å². The lowest BCUT2D eigenvalue weighted by atomic mass is 9.96. The molecular weight excluding hydrogens is 390 g/mol. The third-order valence-corrected chi connectivity index (χ3v) is 4.61. The van der Waals surface area contributed by atoms with Crippen molar-refractivity contribution in [2.24, 2.45) is 0 Å². The molecule has 2 aliphatic rings. The summed E-state index contributed by atoms with van der Waals surface area (Å²) < 4.78 is 34.6. The van der Waals surface area contributed by atoms with Crippen molar-refractivity contribution in [1.29, 1.82) is 0 Å². The third kappa shape index (κ3) is 4.99. The molecule has 166 valence electrons. The smallest absolute Gasteiger partial charge is 0.408 e. The molecule has 1 fully saturated rings. The minimum absolute atomic E-state index is 0.139. The van der Waals surface area contributed by atoms with Gasteiger partial charge < -0.3 is 33.7 Å². The van der Waals surface area contributed by atoms with E-state index in [-0.39, 0.29) is 13.4 Å². The molecule has 1 amide bonds. The van der Waals surface area contributed by atoms with Crippen LogP contribution in [-0.2, 0) is 14.2 Å². The van der Waals surface area contributed by atoms with Crippen molar-refractivity contribution in [2.75, 3.05) is 20.0 Å². The molecule has 0 unspecified atom stereocenters. The Morgan fingerprint density at radius 2 is 2.10 bits per heavy atom. The summed E-state index contributed by atoms with van der Waals surface area (Å²) in [5, 5.41) is 2.87. The fourth-order valence-corrected chi connectivity index (χ4v) is 3.42. The first-order valence-electron chi connectivity index (χ1n) is 9.99. The van der Waals surface area contributed by atoms with Crippen molar-refractivity contribution >= 4 is 6.09 Å². The number of hydrogen-bond donors (Lipinski definition) is 1. The molecular formula is C22H31NO7. The fraction of sp³-hybridized carbons (Fsp3) is 0.591. The van der Waals surface area contributed by atoms with E-state index >= 15 is 0 Å². The molecule has 1 aromatic carbocycles. The molecule has 1 saturated heterocycles. The highest BCUT2D eigenvalue weighted by molar-refractivity contribution is 5.68. The maximum atomic E-state index is 12.4. The molecule has 2 aliphatic heterocycles. The van der Waals surface area contributed by atoms with Crippen LogP contribution >= 0.6 is 0 Å². The van der Waals surface area contributed by atoms with Crippen molar-refractivity contribution in [1.82, 2.24) is 5.32 Å². The van der Waals surface area contributed by atoms with Crippen LogP contribution in [0.5, 0.6) is 17.2 Å². The van der Waals surface area contributed by atoms with E-state index in [9.17, 15) is 4.79 Å². The van der Waals surface area contributed by atoms with E-state index in [4.69, 9.17) is 28.4 Å². The molecule has 1 N–H and O–H groups in total. The van der Waals surface area contributed by atoms with Gasteiger partial charge in [-0.05, 0) is 47.6 Å². The van der Waals surface area contributed by atoms with E-state index in [1.54, 1.807) is 6.08 Å². The molecule has 2 heterocycles. The first-order chi connectivity index (χ1) is 14.0. The summed E-state index contributed by atoms with van der Waals surface area (Å²) in [5.74, 6) is 1.01. The monoisotopic (exact) mass is 421 g/mol. The minimum Gasteiger partial charge on any atom is -0.489 e. The summed E-state index contributed by atoms with van der Waals surface area (Å²) in [6, 6.07) is 1.34. The van der Waals surface area contributed by atoms with Crippen LogP contribution in [-0.4, -0.2) is 43.5 Å². The number of ether oxygens (including phenoxy) is 6. The Labute approximate surface area is 177 Å². The van der Waals surface area contributed by atoms with Gasteiger partial charge in [-0.2, -0.15) is 0 Å². The number of nitrogens with one attached hydrogen (secondary N) is 1. The largest absolute Gasteiger partial charge is 0.489 e. The van der Waals surface area contributed by atoms with Gasteiger partial charge in [-0.3, -0.25) is 0 Å². The maximum Gasteiger partial charge on any atom is 0.408 e. The van der Waals surface area contributed by atoms with Crippen molar-refractivity contribution in [3.63, 3.8) is 0 Å². The SMILES string of the molecule is C=CCOc1c([C@H]2OC(C)(C)OC[C@H]2NC(=O)OC(C)(C)C)cc2c(c1C)OCO2. The van der Waals surface area contributed by atoms with Gasteiger partial charge in [0.25, 0.3) is 0 Å². The summed E-state index contributed by atoms with van der Waals surface area (Å²) in [5.41, 5.74) is 0.907. The minimum atomic E-state index is -0.850. The van der Waals surface area contributed by atoms with Crippen molar-refractivity contribution in [2.45, 2.75) is 65.1 Å². The van der Waals surface area contributed by atoms with Crippen LogP contribution < -0.4 is 19.5 Å². The zero-order valence-electron chi connectivity index (χ0n) is 18.5. The average Bonchev–Trinajstić information content (AvgIpc) is 3.09. The highest BCUT2D eigenvalue weighted by Crippen LogP contribution is 2.47. The van der Waals surface area contributed by atoms with E-state index in [1.165, 1.54) is 0 Å². The van der Waals surface area contributed by atoms with Gasteiger partial charge in [0.1, 0.15) is 24.1 Å². The van der Waals surface area contributed by atoms with Crippen LogP contribution in [0.3, 0.4) is 0 Å². The Morgan fingerprint density at radius 1 is 1.37 bits per heavy atom. The number of carbonyl (C=O) groups excluding carboxylic acids is 1. The summed E-state index contributed by atoms with van der Waals surface area (Å²) in [6.45, 7) is 15.4. The van der Waals surface area contributed by atoms with Crippen LogP contribution in [0, 0.1) is 6.92 Å². The Hall–Kier alpha value is -2.45. The molecule has 0 bridgehead atoms. The second-order valence-corrected chi connectivity index (χ2v) is 8.76. The Morgan fingerprint density at radius 3 is 2.77 bits per heavy atom. The molecule has 0 spiro atoms. The molecule has 0 saturated carbocycles. The Balaban J connectivity index is 1.98. The van der Waals surface area contributed by atoms with Gasteiger partial charge >= 0.3 is 6.09 Å². The molecule has 3 rings (SSSR count). The van der Waals surface area contributed by atoms with Crippen LogP contribution in [0.2, 0.25) is 0 Å². The first-order valence-corrected chi connectivity index (χ1v) is 9.99. The molecule has 8 nitrogen and oxygen atoms in total. The summed E-state index contributed by atoms with van der Waals surface area (Å²) in [7, 11) is 0. The number of amides is 1. The number of rotatable bonds is 5. The lowest BCUT2D eigenvalue weighted by Crippen LogP contribution is -2.52. The van der Waals surface area contributed by atoms with E-state index in [0.717, 1.165) is 11.1 Å². The second kappa shape index (κ2) is 8.35. The molecule has 30 heavy (non-hydrogen) atoms.